The van der Waals surface area contributed by atoms with E-state index in [4.69, 9.17) is 14.7 Å². The molecule has 2 aromatic heterocycles. The van der Waals surface area contributed by atoms with Gasteiger partial charge in [0, 0.05) is 12.1 Å². The summed E-state index contributed by atoms with van der Waals surface area (Å²) in [5.74, 6) is 1.30. The average Bonchev–Trinajstić information content (AvgIpc) is 3.22. The largest absolute Gasteiger partial charge is 0.478 e. The highest BCUT2D eigenvalue weighted by Crippen LogP contribution is 2.31. The van der Waals surface area contributed by atoms with Gasteiger partial charge in [0.2, 0.25) is 0 Å². The van der Waals surface area contributed by atoms with Gasteiger partial charge in [-0.2, -0.15) is 0 Å². The van der Waals surface area contributed by atoms with Gasteiger partial charge in [0.05, 0.1) is 12.1 Å². The van der Waals surface area contributed by atoms with Gasteiger partial charge < -0.3 is 14.4 Å². The summed E-state index contributed by atoms with van der Waals surface area (Å²) in [5, 5.41) is 9.78. The highest BCUT2D eigenvalue weighted by atomic mass is 16.5. The molecule has 1 N–H and O–H groups in total. The molecule has 3 aromatic carbocycles. The number of nitrogens with zero attached hydrogens (tertiary/aromatic N) is 3. The van der Waals surface area contributed by atoms with Crippen molar-refractivity contribution in [1.82, 2.24) is 14.5 Å². The number of hydrogen-bond acceptors (Lipinski definition) is 4. The molecule has 36 heavy (non-hydrogen) atoms. The topological polar surface area (TPSA) is 77.2 Å². The fraction of sp³-hybridized carbons (Fsp3) is 0.167. The zero-order valence-corrected chi connectivity index (χ0v) is 20.5. The summed E-state index contributed by atoms with van der Waals surface area (Å²) in [6.07, 6.45) is 0.809. The van der Waals surface area contributed by atoms with Gasteiger partial charge in [-0.15, -0.1) is 0 Å². The monoisotopic (exact) mass is 477 g/mol. The van der Waals surface area contributed by atoms with Gasteiger partial charge in [0.25, 0.3) is 0 Å². The second-order valence-electron chi connectivity index (χ2n) is 8.85. The first kappa shape index (κ1) is 23.3. The zero-order chi connectivity index (χ0) is 25.2. The summed E-state index contributed by atoms with van der Waals surface area (Å²) in [6.45, 7) is 6.80. The highest BCUT2D eigenvalue weighted by Gasteiger charge is 2.16. The molecule has 0 radical (unpaired) electrons. The first-order chi connectivity index (χ1) is 17.4. The number of fused-ring (bicyclic) bond motifs is 1. The Morgan fingerprint density at radius 3 is 2.36 bits per heavy atom. The lowest BCUT2D eigenvalue weighted by Crippen LogP contribution is -2.06. The number of pyridine rings is 1. The predicted octanol–water partition coefficient (Wildman–Crippen LogP) is 6.82. The smallest absolute Gasteiger partial charge is 0.336 e. The molecule has 0 aliphatic carbocycles. The van der Waals surface area contributed by atoms with E-state index >= 15 is 0 Å². The van der Waals surface area contributed by atoms with E-state index in [9.17, 15) is 9.90 Å². The third-order valence-electron chi connectivity index (χ3n) is 6.22. The van der Waals surface area contributed by atoms with Crippen LogP contribution in [0.25, 0.3) is 22.3 Å². The van der Waals surface area contributed by atoms with Crippen molar-refractivity contribution in [2.75, 3.05) is 0 Å². The lowest BCUT2D eigenvalue weighted by molar-refractivity contribution is 0.0697. The number of aromatic carboxylic acids is 1. The molecule has 0 unspecified atom stereocenters. The minimum Gasteiger partial charge on any atom is -0.478 e. The van der Waals surface area contributed by atoms with Crippen molar-refractivity contribution in [3.05, 3.63) is 107 Å². The molecule has 180 valence electrons. The van der Waals surface area contributed by atoms with E-state index in [1.807, 2.05) is 61.5 Å². The summed E-state index contributed by atoms with van der Waals surface area (Å²) >= 11 is 0. The molecule has 0 spiro atoms. The van der Waals surface area contributed by atoms with Crippen LogP contribution in [0.15, 0.2) is 78.9 Å². The van der Waals surface area contributed by atoms with Crippen LogP contribution in [0.5, 0.6) is 11.5 Å². The van der Waals surface area contributed by atoms with Crippen LogP contribution < -0.4 is 4.74 Å². The molecule has 6 heteroatoms. The third-order valence-corrected chi connectivity index (χ3v) is 6.22. The number of aromatic nitrogens is 3. The number of carboxylic acids is 1. The fourth-order valence-electron chi connectivity index (χ4n) is 4.49. The third kappa shape index (κ3) is 4.58. The number of ether oxygens (including phenoxy) is 1. The maximum atomic E-state index is 11.9. The molecule has 0 atom stereocenters. The van der Waals surface area contributed by atoms with Gasteiger partial charge in [0.1, 0.15) is 22.8 Å². The summed E-state index contributed by atoms with van der Waals surface area (Å²) in [6, 6.07) is 24.5. The molecule has 0 fully saturated rings. The van der Waals surface area contributed by atoms with Gasteiger partial charge in [-0.25, -0.2) is 14.8 Å². The molecular formula is C30H27N3O3. The first-order valence-electron chi connectivity index (χ1n) is 12.0. The van der Waals surface area contributed by atoms with Crippen LogP contribution >= 0.6 is 0 Å². The first-order valence-corrected chi connectivity index (χ1v) is 12.0. The summed E-state index contributed by atoms with van der Waals surface area (Å²) in [7, 11) is 0. The van der Waals surface area contributed by atoms with Crippen LogP contribution in [0.3, 0.4) is 0 Å². The fourth-order valence-corrected chi connectivity index (χ4v) is 4.49. The Balaban J connectivity index is 1.48. The molecule has 0 aliphatic heterocycles. The molecule has 0 aliphatic rings. The number of carboxylic acid groups (broad SMARTS) is 1. The summed E-state index contributed by atoms with van der Waals surface area (Å²) in [4.78, 5) is 21.5. The van der Waals surface area contributed by atoms with E-state index in [-0.39, 0.29) is 5.56 Å². The van der Waals surface area contributed by atoms with Gasteiger partial charge >= 0.3 is 5.97 Å². The van der Waals surface area contributed by atoms with Gasteiger partial charge in [0.15, 0.2) is 5.65 Å². The lowest BCUT2D eigenvalue weighted by atomic mass is 9.98. The molecule has 6 nitrogen and oxygen atoms in total. The van der Waals surface area contributed by atoms with Crippen LogP contribution in [0.2, 0.25) is 0 Å². The van der Waals surface area contributed by atoms with Crippen LogP contribution in [-0.4, -0.2) is 25.6 Å². The number of para-hydroxylation sites is 1. The van der Waals surface area contributed by atoms with E-state index in [0.29, 0.717) is 23.6 Å². The standard InChI is InChI=1S/C30H27N3O3/c1-4-27-32-28-19(2)16-20(3)31-29(28)33(27)18-21-10-12-22(13-11-21)26-17-24(14-15-25(26)30(34)35)36-23-8-6-5-7-9-23/h5-17H,4,18H2,1-3H3,(H,34,35). The van der Waals surface area contributed by atoms with Crippen LogP contribution in [0, 0.1) is 13.8 Å². The van der Waals surface area contributed by atoms with Crippen molar-refractivity contribution in [3.8, 4) is 22.6 Å². The molecule has 0 saturated carbocycles. The minimum atomic E-state index is -0.977. The molecule has 5 rings (SSSR count). The number of hydrogen-bond donors (Lipinski definition) is 1. The molecule has 0 amide bonds. The molecule has 5 aromatic rings. The summed E-state index contributed by atoms with van der Waals surface area (Å²) < 4.78 is 8.11. The molecular weight excluding hydrogens is 450 g/mol. The number of benzene rings is 3. The highest BCUT2D eigenvalue weighted by molar-refractivity contribution is 5.96. The van der Waals surface area contributed by atoms with Gasteiger partial charge in [-0.1, -0.05) is 49.4 Å². The Labute approximate surface area is 209 Å². The SMILES string of the molecule is CCc1nc2c(C)cc(C)nc2n1Cc1ccc(-c2cc(Oc3ccccc3)ccc2C(=O)O)cc1. The average molecular weight is 478 g/mol. The normalized spacial score (nSPS) is 11.1. The molecule has 0 saturated heterocycles. The zero-order valence-electron chi connectivity index (χ0n) is 20.5. The maximum Gasteiger partial charge on any atom is 0.336 e. The van der Waals surface area contributed by atoms with E-state index < -0.39 is 5.97 Å². The predicted molar refractivity (Wildman–Crippen MR) is 141 cm³/mol. The van der Waals surface area contributed by atoms with E-state index in [1.54, 1.807) is 18.2 Å². The van der Waals surface area contributed by atoms with Crippen LogP contribution in [0.1, 0.15) is 39.9 Å². The Kier molecular flexibility index (Phi) is 6.25. The van der Waals surface area contributed by atoms with Crippen LogP contribution in [-0.2, 0) is 13.0 Å². The molecule has 2 heterocycles. The van der Waals surface area contributed by atoms with Crippen LogP contribution in [0.4, 0.5) is 0 Å². The van der Waals surface area contributed by atoms with Crippen molar-refractivity contribution < 1.29 is 14.6 Å². The second-order valence-corrected chi connectivity index (χ2v) is 8.85. The van der Waals surface area contributed by atoms with Crippen molar-refractivity contribution in [2.45, 2.75) is 33.7 Å². The van der Waals surface area contributed by atoms with Crippen molar-refractivity contribution >= 4 is 17.1 Å². The lowest BCUT2D eigenvalue weighted by Gasteiger charge is -2.12. The van der Waals surface area contributed by atoms with Crippen molar-refractivity contribution in [1.29, 1.82) is 0 Å². The Morgan fingerprint density at radius 2 is 1.67 bits per heavy atom. The van der Waals surface area contributed by atoms with Crippen molar-refractivity contribution in [2.24, 2.45) is 0 Å². The second kappa shape index (κ2) is 9.66. The van der Waals surface area contributed by atoms with E-state index in [2.05, 4.69) is 24.5 Å². The number of rotatable bonds is 7. The van der Waals surface area contributed by atoms with E-state index in [0.717, 1.165) is 45.8 Å². The number of carbonyl (C=O) groups is 1. The Bertz CT molecular complexity index is 1550. The van der Waals surface area contributed by atoms with Gasteiger partial charge in [-0.05, 0) is 72.5 Å². The van der Waals surface area contributed by atoms with Crippen molar-refractivity contribution in [3.63, 3.8) is 0 Å². The number of imidazole rings is 1. The minimum absolute atomic E-state index is 0.229. The Morgan fingerprint density at radius 1 is 0.917 bits per heavy atom. The maximum absolute atomic E-state index is 11.9. The quantitative estimate of drug-likeness (QED) is 0.278. The number of aryl methyl sites for hydroxylation is 3. The summed E-state index contributed by atoms with van der Waals surface area (Å²) in [5.41, 5.74) is 6.67. The van der Waals surface area contributed by atoms with E-state index in [1.165, 1.54) is 0 Å². The van der Waals surface area contributed by atoms with Gasteiger partial charge in [-0.3, -0.25) is 0 Å². The Hall–Kier alpha value is -4.45. The molecule has 0 bridgehead atoms.